The normalized spacial score (nSPS) is 11.3. The molecule has 0 amide bonds. The Morgan fingerprint density at radius 3 is 2.68 bits per heavy atom. The lowest BCUT2D eigenvalue weighted by Crippen LogP contribution is -2.08. The molecule has 0 spiro atoms. The van der Waals surface area contributed by atoms with Crippen LogP contribution in [0.25, 0.3) is 11.1 Å². The predicted octanol–water partition coefficient (Wildman–Crippen LogP) is 1.77. The van der Waals surface area contributed by atoms with Crippen LogP contribution in [0.5, 0.6) is 0 Å². The van der Waals surface area contributed by atoms with Crippen molar-refractivity contribution in [2.45, 2.75) is 13.0 Å². The molecule has 0 fully saturated rings. The van der Waals surface area contributed by atoms with Gasteiger partial charge in [-0.2, -0.15) is 0 Å². The first kappa shape index (κ1) is 11.8. The van der Waals surface area contributed by atoms with Crippen molar-refractivity contribution in [2.75, 3.05) is 0 Å². The van der Waals surface area contributed by atoms with Crippen molar-refractivity contribution >= 4 is 11.1 Å². The summed E-state index contributed by atoms with van der Waals surface area (Å²) in [7, 11) is 1.69. The molecular weight excluding hydrogens is 244 g/mol. The van der Waals surface area contributed by atoms with E-state index in [9.17, 15) is 4.79 Å². The second-order valence-corrected chi connectivity index (χ2v) is 4.48. The number of oxazole rings is 1. The van der Waals surface area contributed by atoms with Crippen LogP contribution in [-0.2, 0) is 20.0 Å². The van der Waals surface area contributed by atoms with Crippen LogP contribution in [0, 0.1) is 0 Å². The van der Waals surface area contributed by atoms with Gasteiger partial charge in [0.15, 0.2) is 5.58 Å². The number of nitrogens with zero attached hydrogens (tertiary/aromatic N) is 1. The molecule has 98 valence electrons. The van der Waals surface area contributed by atoms with Gasteiger partial charge in [0.1, 0.15) is 11.5 Å². The van der Waals surface area contributed by atoms with Crippen LogP contribution in [0.3, 0.4) is 0 Å². The number of furan rings is 1. The van der Waals surface area contributed by atoms with E-state index in [2.05, 4.69) is 0 Å². The first-order valence-electron chi connectivity index (χ1n) is 6.03. The first-order valence-corrected chi connectivity index (χ1v) is 6.03. The highest BCUT2D eigenvalue weighted by molar-refractivity contribution is 5.73. The van der Waals surface area contributed by atoms with E-state index in [0.29, 0.717) is 18.5 Å². The van der Waals surface area contributed by atoms with Crippen LogP contribution < -0.4 is 11.5 Å². The van der Waals surface area contributed by atoms with Gasteiger partial charge in [-0.05, 0) is 29.8 Å². The number of hydrogen-bond donors (Lipinski definition) is 1. The third kappa shape index (κ3) is 2.08. The molecule has 2 heterocycles. The maximum Gasteiger partial charge on any atom is 0.419 e. The van der Waals surface area contributed by atoms with Crippen molar-refractivity contribution < 1.29 is 8.83 Å². The fourth-order valence-electron chi connectivity index (χ4n) is 2.11. The molecule has 0 radical (unpaired) electrons. The molecule has 2 aromatic heterocycles. The Bertz CT molecular complexity index is 779. The van der Waals surface area contributed by atoms with Crippen LogP contribution >= 0.6 is 0 Å². The second-order valence-electron chi connectivity index (χ2n) is 4.48. The van der Waals surface area contributed by atoms with Crippen LogP contribution in [0.1, 0.15) is 17.1 Å². The summed E-state index contributed by atoms with van der Waals surface area (Å²) in [6, 6.07) is 9.46. The standard InChI is InChI=1S/C14H14N2O3/c1-16-12-7-9(2-5-13(12)19-14(16)17)6-10-3-4-11(8-15)18-10/h2-5,7H,6,8,15H2,1H3. The van der Waals surface area contributed by atoms with Crippen molar-refractivity contribution in [1.82, 2.24) is 4.57 Å². The van der Waals surface area contributed by atoms with Crippen molar-refractivity contribution in [3.8, 4) is 0 Å². The molecule has 0 aliphatic rings. The highest BCUT2D eigenvalue weighted by atomic mass is 16.4. The molecule has 0 saturated carbocycles. The SMILES string of the molecule is Cn1c(=O)oc2ccc(Cc3ccc(CN)o3)cc21. The Hall–Kier alpha value is -2.27. The first-order chi connectivity index (χ1) is 9.17. The van der Waals surface area contributed by atoms with Gasteiger partial charge in [0.05, 0.1) is 12.1 Å². The third-order valence-electron chi connectivity index (χ3n) is 3.15. The second kappa shape index (κ2) is 4.44. The largest absolute Gasteiger partial charge is 0.464 e. The zero-order valence-corrected chi connectivity index (χ0v) is 10.6. The lowest BCUT2D eigenvalue weighted by molar-refractivity contribution is 0.475. The zero-order valence-electron chi connectivity index (χ0n) is 10.6. The number of aromatic nitrogens is 1. The predicted molar refractivity (Wildman–Crippen MR) is 70.9 cm³/mol. The van der Waals surface area contributed by atoms with Crippen LogP contribution in [0.15, 0.2) is 44.0 Å². The molecule has 0 atom stereocenters. The van der Waals surface area contributed by atoms with Crippen LogP contribution in [-0.4, -0.2) is 4.57 Å². The van der Waals surface area contributed by atoms with Gasteiger partial charge in [0.2, 0.25) is 0 Å². The highest BCUT2D eigenvalue weighted by Crippen LogP contribution is 2.18. The number of aryl methyl sites for hydroxylation is 1. The molecule has 0 saturated heterocycles. The maximum absolute atomic E-state index is 11.4. The highest BCUT2D eigenvalue weighted by Gasteiger charge is 2.08. The minimum absolute atomic E-state index is 0.351. The Balaban J connectivity index is 1.96. The number of nitrogens with two attached hydrogens (primary N) is 1. The molecule has 2 N–H and O–H groups in total. The molecule has 1 aromatic carbocycles. The number of hydrogen-bond acceptors (Lipinski definition) is 4. The summed E-state index contributed by atoms with van der Waals surface area (Å²) in [6.45, 7) is 0.398. The lowest BCUT2D eigenvalue weighted by Gasteiger charge is -1.99. The molecule has 5 nitrogen and oxygen atoms in total. The molecule has 5 heteroatoms. The van der Waals surface area contributed by atoms with E-state index < -0.39 is 0 Å². The minimum Gasteiger partial charge on any atom is -0.464 e. The summed E-state index contributed by atoms with van der Waals surface area (Å²) < 4.78 is 12.2. The van der Waals surface area contributed by atoms with Crippen molar-refractivity contribution in [3.63, 3.8) is 0 Å². The summed E-state index contributed by atoms with van der Waals surface area (Å²) in [5.41, 5.74) is 7.95. The van der Waals surface area contributed by atoms with Crippen molar-refractivity contribution in [2.24, 2.45) is 12.8 Å². The van der Waals surface area contributed by atoms with Gasteiger partial charge in [0, 0.05) is 13.5 Å². The Morgan fingerprint density at radius 2 is 1.95 bits per heavy atom. The van der Waals surface area contributed by atoms with E-state index in [4.69, 9.17) is 14.6 Å². The molecule has 3 rings (SSSR count). The van der Waals surface area contributed by atoms with Crippen LogP contribution in [0.2, 0.25) is 0 Å². The monoisotopic (exact) mass is 258 g/mol. The smallest absolute Gasteiger partial charge is 0.419 e. The molecule has 0 aliphatic carbocycles. The summed E-state index contributed by atoms with van der Waals surface area (Å²) in [5.74, 6) is 1.27. The van der Waals surface area contributed by atoms with Gasteiger partial charge in [-0.25, -0.2) is 4.79 Å². The van der Waals surface area contributed by atoms with Gasteiger partial charge in [-0.15, -0.1) is 0 Å². The van der Waals surface area contributed by atoms with Crippen molar-refractivity contribution in [1.29, 1.82) is 0 Å². The van der Waals surface area contributed by atoms with Gasteiger partial charge < -0.3 is 14.6 Å². The fourth-order valence-corrected chi connectivity index (χ4v) is 2.11. The lowest BCUT2D eigenvalue weighted by atomic mass is 10.1. The molecular formula is C14H14N2O3. The van der Waals surface area contributed by atoms with Gasteiger partial charge >= 0.3 is 5.76 Å². The van der Waals surface area contributed by atoms with Gasteiger partial charge in [-0.1, -0.05) is 6.07 Å². The minimum atomic E-state index is -0.351. The summed E-state index contributed by atoms with van der Waals surface area (Å²) in [6.07, 6.45) is 0.662. The average Bonchev–Trinajstić information content (AvgIpc) is 2.97. The number of rotatable bonds is 3. The summed E-state index contributed by atoms with van der Waals surface area (Å²) in [5, 5.41) is 0. The molecule has 0 bridgehead atoms. The quantitative estimate of drug-likeness (QED) is 0.777. The number of fused-ring (bicyclic) bond motifs is 1. The molecule has 19 heavy (non-hydrogen) atoms. The maximum atomic E-state index is 11.4. The van der Waals surface area contributed by atoms with Gasteiger partial charge in [-0.3, -0.25) is 4.57 Å². The molecule has 3 aromatic rings. The van der Waals surface area contributed by atoms with Gasteiger partial charge in [0.25, 0.3) is 0 Å². The summed E-state index contributed by atoms with van der Waals surface area (Å²) >= 11 is 0. The third-order valence-corrected chi connectivity index (χ3v) is 3.15. The zero-order chi connectivity index (χ0) is 13.4. The van der Waals surface area contributed by atoms with E-state index in [1.807, 2.05) is 24.3 Å². The van der Waals surface area contributed by atoms with Crippen molar-refractivity contribution in [3.05, 3.63) is 58.0 Å². The van der Waals surface area contributed by atoms with E-state index in [1.54, 1.807) is 13.1 Å². The van der Waals surface area contributed by atoms with E-state index in [0.717, 1.165) is 22.6 Å². The Morgan fingerprint density at radius 1 is 1.16 bits per heavy atom. The molecule has 0 unspecified atom stereocenters. The van der Waals surface area contributed by atoms with E-state index >= 15 is 0 Å². The van der Waals surface area contributed by atoms with E-state index in [-0.39, 0.29) is 5.76 Å². The fraction of sp³-hybridized carbons (Fsp3) is 0.214. The topological polar surface area (TPSA) is 74.3 Å². The van der Waals surface area contributed by atoms with E-state index in [1.165, 1.54) is 4.57 Å². The average molecular weight is 258 g/mol. The summed E-state index contributed by atoms with van der Waals surface area (Å²) in [4.78, 5) is 11.4. The van der Waals surface area contributed by atoms with Crippen LogP contribution in [0.4, 0.5) is 0 Å². The number of benzene rings is 1. The Kier molecular flexibility index (Phi) is 2.76. The Labute approximate surface area is 109 Å². The molecule has 0 aliphatic heterocycles.